The van der Waals surface area contributed by atoms with Crippen molar-refractivity contribution in [2.75, 3.05) is 5.32 Å². The zero-order chi connectivity index (χ0) is 22.6. The van der Waals surface area contributed by atoms with Crippen LogP contribution in [-0.4, -0.2) is 21.0 Å². The fraction of sp³-hybridized carbons (Fsp3) is 0.0385. The fourth-order valence-corrected chi connectivity index (χ4v) is 3.43. The molecule has 0 aliphatic carbocycles. The third-order valence-corrected chi connectivity index (χ3v) is 5.10. The van der Waals surface area contributed by atoms with Crippen LogP contribution in [0, 0.1) is 0 Å². The Labute approximate surface area is 201 Å². The molecule has 2 aromatic heterocycles. The fourth-order valence-electron chi connectivity index (χ4n) is 3.43. The molecule has 5 aromatic rings. The Hall–Kier alpha value is -4.36. The Balaban J connectivity index is 0.00000274. The van der Waals surface area contributed by atoms with Gasteiger partial charge in [0.1, 0.15) is 30.3 Å². The molecule has 0 bridgehead atoms. The molecule has 5 rings (SSSR count). The van der Waals surface area contributed by atoms with E-state index in [9.17, 15) is 4.79 Å². The van der Waals surface area contributed by atoms with Crippen LogP contribution in [0.25, 0.3) is 22.2 Å². The summed E-state index contributed by atoms with van der Waals surface area (Å²) in [7, 11) is 0. The average Bonchev–Trinajstić information content (AvgIpc) is 3.35. The molecule has 34 heavy (non-hydrogen) atoms. The van der Waals surface area contributed by atoms with Gasteiger partial charge in [-0.1, -0.05) is 30.3 Å². The van der Waals surface area contributed by atoms with Crippen molar-refractivity contribution in [3.63, 3.8) is 0 Å². The Kier molecular flexibility index (Phi) is 6.75. The van der Waals surface area contributed by atoms with Crippen molar-refractivity contribution >= 4 is 40.8 Å². The van der Waals surface area contributed by atoms with Crippen molar-refractivity contribution in [3.05, 3.63) is 103 Å². The lowest BCUT2D eigenvalue weighted by Crippen LogP contribution is -1.97. The number of fused-ring (bicyclic) bond motifs is 1. The zero-order valence-electron chi connectivity index (χ0n) is 17.8. The number of ether oxygens (including phenoxy) is 1. The number of hydrogen-bond donors (Lipinski definition) is 2. The molecule has 2 N–H and O–H groups in total. The number of anilines is 2. The van der Waals surface area contributed by atoms with Crippen LogP contribution < -0.4 is 10.1 Å². The lowest BCUT2D eigenvalue weighted by molar-refractivity contribution is 0.0663. The summed E-state index contributed by atoms with van der Waals surface area (Å²) in [5.74, 6) is 0.645. The maximum atomic E-state index is 11.1. The number of hydrogen-bond acceptors (Lipinski definition) is 6. The van der Waals surface area contributed by atoms with E-state index in [-0.39, 0.29) is 18.2 Å². The predicted octanol–water partition coefficient (Wildman–Crippen LogP) is 6.33. The lowest BCUT2D eigenvalue weighted by atomic mass is 10.1. The number of nitrogens with zero attached hydrogens (tertiary/aromatic N) is 2. The molecule has 0 amide bonds. The van der Waals surface area contributed by atoms with E-state index in [4.69, 9.17) is 14.3 Å². The van der Waals surface area contributed by atoms with Gasteiger partial charge in [0.15, 0.2) is 0 Å². The Morgan fingerprint density at radius 2 is 1.74 bits per heavy atom. The molecule has 0 atom stereocenters. The molecule has 2 heterocycles. The summed E-state index contributed by atoms with van der Waals surface area (Å²) in [5, 5.41) is 13.2. The molecular formula is C26H20ClN3O4. The van der Waals surface area contributed by atoms with E-state index in [1.807, 2.05) is 72.8 Å². The third kappa shape index (κ3) is 5.00. The van der Waals surface area contributed by atoms with Crippen molar-refractivity contribution in [2.45, 2.75) is 6.61 Å². The van der Waals surface area contributed by atoms with Crippen LogP contribution in [0.1, 0.15) is 16.1 Å². The first kappa shape index (κ1) is 22.8. The van der Waals surface area contributed by atoms with Crippen LogP contribution in [-0.2, 0) is 6.61 Å². The van der Waals surface area contributed by atoms with E-state index in [2.05, 4.69) is 15.3 Å². The molecule has 7 nitrogen and oxygen atoms in total. The normalized spacial score (nSPS) is 10.5. The van der Waals surface area contributed by atoms with Gasteiger partial charge in [-0.25, -0.2) is 14.8 Å². The highest BCUT2D eigenvalue weighted by Gasteiger charge is 2.12. The van der Waals surface area contributed by atoms with Crippen molar-refractivity contribution in [1.29, 1.82) is 0 Å². The molecule has 0 spiro atoms. The number of furan rings is 1. The van der Waals surface area contributed by atoms with Gasteiger partial charge in [-0.2, -0.15) is 0 Å². The maximum Gasteiger partial charge on any atom is 0.371 e. The molecule has 0 radical (unpaired) electrons. The molecule has 0 fully saturated rings. The van der Waals surface area contributed by atoms with Crippen LogP contribution in [0.4, 0.5) is 11.5 Å². The smallest absolute Gasteiger partial charge is 0.371 e. The van der Waals surface area contributed by atoms with Crippen LogP contribution in [0.5, 0.6) is 5.75 Å². The lowest BCUT2D eigenvalue weighted by Gasteiger charge is -2.11. The first-order chi connectivity index (χ1) is 16.2. The summed E-state index contributed by atoms with van der Waals surface area (Å²) in [6.07, 6.45) is 1.50. The van der Waals surface area contributed by atoms with E-state index >= 15 is 0 Å². The molecule has 0 unspecified atom stereocenters. The number of aromatic nitrogens is 2. The number of rotatable bonds is 7. The van der Waals surface area contributed by atoms with Crippen LogP contribution >= 0.6 is 12.4 Å². The monoisotopic (exact) mass is 473 g/mol. The SMILES string of the molecule is Cl.O=C(O)c1ccc(-c2ccc3ncnc(Nc4ccc(OCc5ccccc5)cc4)c3c2)o1. The average molecular weight is 474 g/mol. The predicted molar refractivity (Wildman–Crippen MR) is 132 cm³/mol. The zero-order valence-corrected chi connectivity index (χ0v) is 18.7. The largest absolute Gasteiger partial charge is 0.489 e. The van der Waals surface area contributed by atoms with E-state index in [1.54, 1.807) is 6.07 Å². The molecule has 0 saturated carbocycles. The minimum Gasteiger partial charge on any atom is -0.489 e. The number of carbonyl (C=O) groups is 1. The molecule has 0 aliphatic rings. The second kappa shape index (κ2) is 10.1. The third-order valence-electron chi connectivity index (χ3n) is 5.10. The van der Waals surface area contributed by atoms with Gasteiger partial charge in [0.25, 0.3) is 0 Å². The van der Waals surface area contributed by atoms with Crippen molar-refractivity contribution in [2.24, 2.45) is 0 Å². The number of benzene rings is 3. The first-order valence-corrected chi connectivity index (χ1v) is 10.3. The maximum absolute atomic E-state index is 11.1. The molecular weight excluding hydrogens is 454 g/mol. The number of aromatic carboxylic acids is 1. The quantitative estimate of drug-likeness (QED) is 0.285. The molecule has 8 heteroatoms. The second-order valence-corrected chi connectivity index (χ2v) is 7.35. The Bertz CT molecular complexity index is 1420. The molecule has 170 valence electrons. The second-order valence-electron chi connectivity index (χ2n) is 7.35. The Morgan fingerprint density at radius 3 is 2.47 bits per heavy atom. The summed E-state index contributed by atoms with van der Waals surface area (Å²) < 4.78 is 11.3. The van der Waals surface area contributed by atoms with Gasteiger partial charge in [0.05, 0.1) is 5.52 Å². The number of halogens is 1. The molecule has 0 saturated heterocycles. The van der Waals surface area contributed by atoms with E-state index in [1.165, 1.54) is 12.4 Å². The summed E-state index contributed by atoms with van der Waals surface area (Å²) >= 11 is 0. The standard InChI is InChI=1S/C26H19N3O4.ClH/c30-26(31)24-13-12-23(33-24)18-6-11-22-21(14-18)25(28-16-27-22)29-19-7-9-20(10-8-19)32-15-17-4-2-1-3-5-17;/h1-14,16H,15H2,(H,30,31)(H,27,28,29);1H. The Morgan fingerprint density at radius 1 is 0.941 bits per heavy atom. The number of carboxylic acid groups (broad SMARTS) is 1. The van der Waals surface area contributed by atoms with Crippen LogP contribution in [0.15, 0.2) is 95.7 Å². The van der Waals surface area contributed by atoms with Crippen molar-refractivity contribution in [3.8, 4) is 17.1 Å². The van der Waals surface area contributed by atoms with Gasteiger partial charge < -0.3 is 19.6 Å². The first-order valence-electron chi connectivity index (χ1n) is 10.3. The highest BCUT2D eigenvalue weighted by atomic mass is 35.5. The van der Waals surface area contributed by atoms with Gasteiger partial charge >= 0.3 is 5.97 Å². The number of carboxylic acids is 1. The van der Waals surface area contributed by atoms with Crippen LogP contribution in [0.2, 0.25) is 0 Å². The molecule has 0 aliphatic heterocycles. The topological polar surface area (TPSA) is 97.5 Å². The van der Waals surface area contributed by atoms with Gasteiger partial charge in [-0.3, -0.25) is 0 Å². The molecule has 3 aromatic carbocycles. The summed E-state index contributed by atoms with van der Waals surface area (Å²) in [6, 6.07) is 26.3. The highest BCUT2D eigenvalue weighted by molar-refractivity contribution is 5.93. The van der Waals surface area contributed by atoms with E-state index in [0.29, 0.717) is 18.2 Å². The van der Waals surface area contributed by atoms with Crippen LogP contribution in [0.3, 0.4) is 0 Å². The van der Waals surface area contributed by atoms with E-state index in [0.717, 1.165) is 33.5 Å². The summed E-state index contributed by atoms with van der Waals surface area (Å²) in [5.41, 5.74) is 3.44. The summed E-state index contributed by atoms with van der Waals surface area (Å²) in [6.45, 7) is 0.503. The summed E-state index contributed by atoms with van der Waals surface area (Å²) in [4.78, 5) is 19.8. The highest BCUT2D eigenvalue weighted by Crippen LogP contribution is 2.30. The van der Waals surface area contributed by atoms with E-state index < -0.39 is 5.97 Å². The minimum atomic E-state index is -1.11. The minimum absolute atomic E-state index is 0. The van der Waals surface area contributed by atoms with Gasteiger partial charge in [0, 0.05) is 16.6 Å². The van der Waals surface area contributed by atoms with Crippen molar-refractivity contribution < 1.29 is 19.1 Å². The van der Waals surface area contributed by atoms with Gasteiger partial charge in [0.2, 0.25) is 5.76 Å². The van der Waals surface area contributed by atoms with Gasteiger partial charge in [-0.15, -0.1) is 12.4 Å². The van der Waals surface area contributed by atoms with Gasteiger partial charge in [-0.05, 0) is 60.2 Å². The number of nitrogens with one attached hydrogen (secondary N) is 1. The van der Waals surface area contributed by atoms with Crippen molar-refractivity contribution in [1.82, 2.24) is 9.97 Å².